The molecule has 1 unspecified atom stereocenters. The Morgan fingerprint density at radius 1 is 1.22 bits per heavy atom. The van der Waals surface area contributed by atoms with Gasteiger partial charge in [-0.1, -0.05) is 0 Å². The highest BCUT2D eigenvalue weighted by atomic mass is 16.5. The molecule has 18 heavy (non-hydrogen) atoms. The van der Waals surface area contributed by atoms with Gasteiger partial charge in [0.1, 0.15) is 5.75 Å². The summed E-state index contributed by atoms with van der Waals surface area (Å²) in [6, 6.07) is 7.49. The Hall–Kier alpha value is -1.35. The second kappa shape index (κ2) is 5.11. The van der Waals surface area contributed by atoms with Crippen LogP contribution >= 0.6 is 0 Å². The molecular formula is C15H18O3. The SMILES string of the molecule is O=C(CC1CCCO1)c1ccc(OC2CC2)cc1. The zero-order valence-electron chi connectivity index (χ0n) is 10.4. The topological polar surface area (TPSA) is 35.5 Å². The average molecular weight is 246 g/mol. The first-order valence-electron chi connectivity index (χ1n) is 6.73. The normalized spacial score (nSPS) is 23.0. The maximum Gasteiger partial charge on any atom is 0.165 e. The quantitative estimate of drug-likeness (QED) is 0.749. The van der Waals surface area contributed by atoms with E-state index in [1.54, 1.807) is 0 Å². The molecule has 1 saturated carbocycles. The molecule has 96 valence electrons. The maximum absolute atomic E-state index is 12.0. The Bertz CT molecular complexity index is 414. The summed E-state index contributed by atoms with van der Waals surface area (Å²) in [6.07, 6.45) is 5.42. The molecular weight excluding hydrogens is 228 g/mol. The predicted octanol–water partition coefficient (Wildman–Crippen LogP) is 2.98. The number of hydrogen-bond donors (Lipinski definition) is 0. The molecule has 0 aromatic heterocycles. The van der Waals surface area contributed by atoms with E-state index in [-0.39, 0.29) is 11.9 Å². The second-order valence-electron chi connectivity index (χ2n) is 5.10. The molecule has 2 aliphatic rings. The molecule has 0 N–H and O–H groups in total. The van der Waals surface area contributed by atoms with E-state index in [1.807, 2.05) is 24.3 Å². The predicted molar refractivity (Wildman–Crippen MR) is 68.0 cm³/mol. The molecule has 3 rings (SSSR count). The van der Waals surface area contributed by atoms with Gasteiger partial charge in [0.25, 0.3) is 0 Å². The average Bonchev–Trinajstić information content (AvgIpc) is 3.04. The summed E-state index contributed by atoms with van der Waals surface area (Å²) in [4.78, 5) is 12.0. The Kier molecular flexibility index (Phi) is 3.33. The van der Waals surface area contributed by atoms with Gasteiger partial charge in [-0.15, -0.1) is 0 Å². The minimum Gasteiger partial charge on any atom is -0.490 e. The number of ketones is 1. The van der Waals surface area contributed by atoms with E-state index in [2.05, 4.69) is 0 Å². The molecule has 2 fully saturated rings. The maximum atomic E-state index is 12.0. The van der Waals surface area contributed by atoms with Crippen LogP contribution in [0.25, 0.3) is 0 Å². The van der Waals surface area contributed by atoms with Crippen LogP contribution in [0, 0.1) is 0 Å². The molecule has 1 aliphatic carbocycles. The van der Waals surface area contributed by atoms with Crippen molar-refractivity contribution in [3.05, 3.63) is 29.8 Å². The first-order valence-corrected chi connectivity index (χ1v) is 6.73. The van der Waals surface area contributed by atoms with Crippen molar-refractivity contribution in [3.8, 4) is 5.75 Å². The van der Waals surface area contributed by atoms with Gasteiger partial charge in [-0.2, -0.15) is 0 Å². The van der Waals surface area contributed by atoms with Gasteiger partial charge in [0.15, 0.2) is 5.78 Å². The van der Waals surface area contributed by atoms with Crippen molar-refractivity contribution in [2.45, 2.75) is 44.3 Å². The summed E-state index contributed by atoms with van der Waals surface area (Å²) in [6.45, 7) is 0.798. The van der Waals surface area contributed by atoms with Gasteiger partial charge in [-0.05, 0) is 49.9 Å². The molecule has 1 atom stereocenters. The number of rotatable bonds is 5. The number of hydrogen-bond acceptors (Lipinski definition) is 3. The van der Waals surface area contributed by atoms with Crippen LogP contribution in [0.2, 0.25) is 0 Å². The summed E-state index contributed by atoms with van der Waals surface area (Å²) in [5.74, 6) is 1.03. The number of ether oxygens (including phenoxy) is 2. The third kappa shape index (κ3) is 2.91. The number of Topliss-reactive ketones (excluding diaryl/α,β-unsaturated/α-hetero) is 1. The van der Waals surface area contributed by atoms with E-state index in [0.29, 0.717) is 12.5 Å². The molecule has 0 bridgehead atoms. The summed E-state index contributed by atoms with van der Waals surface area (Å²) < 4.78 is 11.1. The smallest absolute Gasteiger partial charge is 0.165 e. The van der Waals surface area contributed by atoms with E-state index in [0.717, 1.165) is 43.6 Å². The fourth-order valence-electron chi connectivity index (χ4n) is 2.23. The minimum atomic E-state index is 0.125. The Morgan fingerprint density at radius 3 is 2.61 bits per heavy atom. The third-order valence-corrected chi connectivity index (χ3v) is 3.44. The molecule has 0 amide bonds. The minimum absolute atomic E-state index is 0.125. The molecule has 1 saturated heterocycles. The molecule has 0 spiro atoms. The Labute approximate surface area is 107 Å². The summed E-state index contributed by atoms with van der Waals surface area (Å²) in [5.41, 5.74) is 0.758. The van der Waals surface area contributed by atoms with Gasteiger partial charge < -0.3 is 9.47 Å². The lowest BCUT2D eigenvalue weighted by atomic mass is 10.0. The van der Waals surface area contributed by atoms with Gasteiger partial charge in [0, 0.05) is 18.6 Å². The first-order chi connectivity index (χ1) is 8.81. The molecule has 3 nitrogen and oxygen atoms in total. The summed E-state index contributed by atoms with van der Waals surface area (Å²) >= 11 is 0. The molecule has 1 aromatic carbocycles. The van der Waals surface area contributed by atoms with Crippen molar-refractivity contribution in [3.63, 3.8) is 0 Å². The van der Waals surface area contributed by atoms with Crippen molar-refractivity contribution < 1.29 is 14.3 Å². The molecule has 1 aromatic rings. The van der Waals surface area contributed by atoms with Crippen molar-refractivity contribution in [2.24, 2.45) is 0 Å². The highest BCUT2D eigenvalue weighted by Crippen LogP contribution is 2.27. The lowest BCUT2D eigenvalue weighted by Crippen LogP contribution is -2.12. The second-order valence-corrected chi connectivity index (χ2v) is 5.10. The van der Waals surface area contributed by atoms with E-state index in [1.165, 1.54) is 0 Å². The fourth-order valence-corrected chi connectivity index (χ4v) is 2.23. The van der Waals surface area contributed by atoms with E-state index in [4.69, 9.17) is 9.47 Å². The van der Waals surface area contributed by atoms with Gasteiger partial charge in [-0.3, -0.25) is 4.79 Å². The van der Waals surface area contributed by atoms with Gasteiger partial charge in [0.05, 0.1) is 12.2 Å². The standard InChI is InChI=1S/C15H18O3/c16-15(10-14-2-1-9-17-14)11-3-5-12(6-4-11)18-13-7-8-13/h3-6,13-14H,1-2,7-10H2. The van der Waals surface area contributed by atoms with Crippen molar-refractivity contribution in [1.29, 1.82) is 0 Å². The van der Waals surface area contributed by atoms with E-state index >= 15 is 0 Å². The van der Waals surface area contributed by atoms with E-state index in [9.17, 15) is 4.79 Å². The Morgan fingerprint density at radius 2 is 2.00 bits per heavy atom. The van der Waals surface area contributed by atoms with Crippen LogP contribution in [0.5, 0.6) is 5.75 Å². The number of carbonyl (C=O) groups is 1. The largest absolute Gasteiger partial charge is 0.490 e. The van der Waals surface area contributed by atoms with Crippen molar-refractivity contribution in [1.82, 2.24) is 0 Å². The van der Waals surface area contributed by atoms with E-state index < -0.39 is 0 Å². The highest BCUT2D eigenvalue weighted by molar-refractivity contribution is 5.96. The molecule has 1 aliphatic heterocycles. The summed E-state index contributed by atoms with van der Waals surface area (Å²) in [5, 5.41) is 0. The van der Waals surface area contributed by atoms with Crippen LogP contribution in [-0.2, 0) is 4.74 Å². The monoisotopic (exact) mass is 246 g/mol. The zero-order valence-corrected chi connectivity index (χ0v) is 10.4. The Balaban J connectivity index is 1.58. The van der Waals surface area contributed by atoms with Crippen molar-refractivity contribution >= 4 is 5.78 Å². The van der Waals surface area contributed by atoms with Crippen LogP contribution in [0.3, 0.4) is 0 Å². The molecule has 3 heteroatoms. The van der Waals surface area contributed by atoms with Gasteiger partial charge >= 0.3 is 0 Å². The molecule has 1 heterocycles. The number of benzene rings is 1. The number of carbonyl (C=O) groups excluding carboxylic acids is 1. The zero-order chi connectivity index (χ0) is 12.4. The van der Waals surface area contributed by atoms with Crippen LogP contribution in [-0.4, -0.2) is 24.6 Å². The van der Waals surface area contributed by atoms with Crippen molar-refractivity contribution in [2.75, 3.05) is 6.61 Å². The first kappa shape index (κ1) is 11.7. The van der Waals surface area contributed by atoms with Gasteiger partial charge in [-0.25, -0.2) is 0 Å². The summed E-state index contributed by atoms with van der Waals surface area (Å²) in [7, 11) is 0. The fraction of sp³-hybridized carbons (Fsp3) is 0.533. The van der Waals surface area contributed by atoms with Crippen LogP contribution in [0.1, 0.15) is 42.5 Å². The lowest BCUT2D eigenvalue weighted by Gasteiger charge is -2.09. The van der Waals surface area contributed by atoms with Crippen LogP contribution in [0.15, 0.2) is 24.3 Å². The van der Waals surface area contributed by atoms with Crippen LogP contribution < -0.4 is 4.74 Å². The van der Waals surface area contributed by atoms with Gasteiger partial charge in [0.2, 0.25) is 0 Å². The molecule has 0 radical (unpaired) electrons. The third-order valence-electron chi connectivity index (χ3n) is 3.44. The highest BCUT2D eigenvalue weighted by Gasteiger charge is 2.23. The lowest BCUT2D eigenvalue weighted by molar-refractivity contribution is 0.0775. The van der Waals surface area contributed by atoms with Crippen LogP contribution in [0.4, 0.5) is 0 Å².